The lowest BCUT2D eigenvalue weighted by molar-refractivity contribution is 0.102. The highest BCUT2D eigenvalue weighted by atomic mass is 16.5. The number of nitrogens with one attached hydrogen (secondary N) is 1. The molecule has 2 rings (SSSR count). The fourth-order valence-corrected chi connectivity index (χ4v) is 2.13. The number of amides is 1. The van der Waals surface area contributed by atoms with Crippen LogP contribution in [0.1, 0.15) is 52.7 Å². The van der Waals surface area contributed by atoms with E-state index in [9.17, 15) is 4.79 Å². The molecule has 0 unspecified atom stereocenters. The SMILES string of the molecule is Cc1cccc(NC(=O)c2c(C)noc2C(C)C)c1C. The third-order valence-electron chi connectivity index (χ3n) is 3.49. The minimum absolute atomic E-state index is 0.121. The molecule has 106 valence electrons. The molecule has 0 bridgehead atoms. The summed E-state index contributed by atoms with van der Waals surface area (Å²) in [6, 6.07) is 5.86. The zero-order chi connectivity index (χ0) is 14.9. The molecule has 4 nitrogen and oxygen atoms in total. The number of hydrogen-bond acceptors (Lipinski definition) is 3. The lowest BCUT2D eigenvalue weighted by Gasteiger charge is -2.11. The molecular formula is C16H20N2O2. The number of carbonyl (C=O) groups excluding carboxylic acids is 1. The van der Waals surface area contributed by atoms with Crippen molar-refractivity contribution in [3.63, 3.8) is 0 Å². The van der Waals surface area contributed by atoms with Gasteiger partial charge in [-0.3, -0.25) is 4.79 Å². The fraction of sp³-hybridized carbons (Fsp3) is 0.375. The van der Waals surface area contributed by atoms with E-state index in [4.69, 9.17) is 4.52 Å². The third-order valence-corrected chi connectivity index (χ3v) is 3.49. The molecule has 2 aromatic rings. The Morgan fingerprint density at radius 2 is 1.95 bits per heavy atom. The van der Waals surface area contributed by atoms with Crippen LogP contribution in [0.2, 0.25) is 0 Å². The Kier molecular flexibility index (Phi) is 3.93. The summed E-state index contributed by atoms with van der Waals surface area (Å²) in [5.74, 6) is 0.585. The van der Waals surface area contributed by atoms with Gasteiger partial charge < -0.3 is 9.84 Å². The molecule has 0 aliphatic rings. The highest BCUT2D eigenvalue weighted by Crippen LogP contribution is 2.24. The van der Waals surface area contributed by atoms with E-state index in [1.165, 1.54) is 0 Å². The van der Waals surface area contributed by atoms with Crippen molar-refractivity contribution in [2.75, 3.05) is 5.32 Å². The van der Waals surface area contributed by atoms with E-state index in [1.54, 1.807) is 6.92 Å². The van der Waals surface area contributed by atoms with Crippen molar-refractivity contribution in [1.82, 2.24) is 5.16 Å². The standard InChI is InChI=1S/C16H20N2O2/c1-9(2)15-14(12(5)18-20-15)16(19)17-13-8-6-7-10(3)11(13)4/h6-9H,1-5H3,(H,17,19). The average Bonchev–Trinajstić information content (AvgIpc) is 2.77. The van der Waals surface area contributed by atoms with Crippen LogP contribution in [-0.4, -0.2) is 11.1 Å². The molecule has 1 aromatic carbocycles. The minimum Gasteiger partial charge on any atom is -0.360 e. The first-order valence-corrected chi connectivity index (χ1v) is 6.75. The Morgan fingerprint density at radius 3 is 2.60 bits per heavy atom. The fourth-order valence-electron chi connectivity index (χ4n) is 2.13. The molecule has 1 heterocycles. The van der Waals surface area contributed by atoms with Crippen LogP contribution in [0.15, 0.2) is 22.7 Å². The number of nitrogens with zero attached hydrogens (tertiary/aromatic N) is 1. The number of hydrogen-bond donors (Lipinski definition) is 1. The molecule has 1 amide bonds. The van der Waals surface area contributed by atoms with Gasteiger partial charge in [0.15, 0.2) is 5.76 Å². The zero-order valence-electron chi connectivity index (χ0n) is 12.6. The van der Waals surface area contributed by atoms with Crippen LogP contribution in [0, 0.1) is 20.8 Å². The van der Waals surface area contributed by atoms with Crippen molar-refractivity contribution in [3.05, 3.63) is 46.3 Å². The second-order valence-corrected chi connectivity index (χ2v) is 5.36. The first-order chi connectivity index (χ1) is 9.41. The van der Waals surface area contributed by atoms with E-state index in [0.29, 0.717) is 17.0 Å². The highest BCUT2D eigenvalue weighted by molar-refractivity contribution is 6.06. The maximum absolute atomic E-state index is 12.5. The summed E-state index contributed by atoms with van der Waals surface area (Å²) >= 11 is 0. The molecule has 0 saturated heterocycles. The Hall–Kier alpha value is -2.10. The Bertz CT molecular complexity index is 642. The summed E-state index contributed by atoms with van der Waals surface area (Å²) in [6.45, 7) is 9.76. The van der Waals surface area contributed by atoms with Crippen LogP contribution in [0.3, 0.4) is 0 Å². The van der Waals surface area contributed by atoms with Crippen LogP contribution < -0.4 is 5.32 Å². The molecule has 0 saturated carbocycles. The Labute approximate surface area is 119 Å². The van der Waals surface area contributed by atoms with Crippen LogP contribution in [0.4, 0.5) is 5.69 Å². The summed E-state index contributed by atoms with van der Waals surface area (Å²) in [7, 11) is 0. The third kappa shape index (κ3) is 2.59. The highest BCUT2D eigenvalue weighted by Gasteiger charge is 2.22. The van der Waals surface area contributed by atoms with E-state index in [-0.39, 0.29) is 11.8 Å². The first-order valence-electron chi connectivity index (χ1n) is 6.75. The molecule has 0 spiro atoms. The van der Waals surface area contributed by atoms with E-state index in [0.717, 1.165) is 16.8 Å². The van der Waals surface area contributed by atoms with Crippen molar-refractivity contribution >= 4 is 11.6 Å². The van der Waals surface area contributed by atoms with E-state index >= 15 is 0 Å². The topological polar surface area (TPSA) is 55.1 Å². The quantitative estimate of drug-likeness (QED) is 0.919. The number of aryl methyl sites for hydroxylation is 2. The van der Waals surface area contributed by atoms with Crippen LogP contribution in [-0.2, 0) is 0 Å². The van der Waals surface area contributed by atoms with Crippen LogP contribution in [0.25, 0.3) is 0 Å². The molecule has 0 aliphatic heterocycles. The second kappa shape index (κ2) is 5.49. The van der Waals surface area contributed by atoms with Gasteiger partial charge in [0, 0.05) is 11.6 Å². The van der Waals surface area contributed by atoms with Gasteiger partial charge in [-0.25, -0.2) is 0 Å². The predicted octanol–water partition coefficient (Wildman–Crippen LogP) is 3.98. The number of carbonyl (C=O) groups is 1. The van der Waals surface area contributed by atoms with Crippen molar-refractivity contribution < 1.29 is 9.32 Å². The van der Waals surface area contributed by atoms with Crippen molar-refractivity contribution in [1.29, 1.82) is 0 Å². The molecule has 0 radical (unpaired) electrons. The normalized spacial score (nSPS) is 10.9. The van der Waals surface area contributed by atoms with Gasteiger partial charge in [0.2, 0.25) is 0 Å². The molecule has 1 aromatic heterocycles. The summed E-state index contributed by atoms with van der Waals surface area (Å²) in [6.07, 6.45) is 0. The van der Waals surface area contributed by atoms with Gasteiger partial charge in [-0.1, -0.05) is 31.1 Å². The maximum atomic E-state index is 12.5. The summed E-state index contributed by atoms with van der Waals surface area (Å²) < 4.78 is 5.26. The Balaban J connectivity index is 2.34. The van der Waals surface area contributed by atoms with Gasteiger partial charge in [0.25, 0.3) is 5.91 Å². The van der Waals surface area contributed by atoms with E-state index in [1.807, 2.05) is 45.9 Å². The van der Waals surface area contributed by atoms with Crippen molar-refractivity contribution in [3.8, 4) is 0 Å². The molecule has 0 aliphatic carbocycles. The predicted molar refractivity (Wildman–Crippen MR) is 79.2 cm³/mol. The lowest BCUT2D eigenvalue weighted by Crippen LogP contribution is -2.15. The van der Waals surface area contributed by atoms with Gasteiger partial charge in [-0.15, -0.1) is 0 Å². The average molecular weight is 272 g/mol. The van der Waals surface area contributed by atoms with Gasteiger partial charge >= 0.3 is 0 Å². The van der Waals surface area contributed by atoms with Gasteiger partial charge in [-0.2, -0.15) is 0 Å². The molecule has 20 heavy (non-hydrogen) atoms. The van der Waals surface area contributed by atoms with Gasteiger partial charge in [-0.05, 0) is 38.0 Å². The Morgan fingerprint density at radius 1 is 1.25 bits per heavy atom. The number of benzene rings is 1. The van der Waals surface area contributed by atoms with Crippen molar-refractivity contribution in [2.24, 2.45) is 0 Å². The van der Waals surface area contributed by atoms with E-state index in [2.05, 4.69) is 10.5 Å². The van der Waals surface area contributed by atoms with E-state index < -0.39 is 0 Å². The maximum Gasteiger partial charge on any atom is 0.261 e. The summed E-state index contributed by atoms with van der Waals surface area (Å²) in [5, 5.41) is 6.86. The zero-order valence-corrected chi connectivity index (χ0v) is 12.6. The summed E-state index contributed by atoms with van der Waals surface area (Å²) in [5.41, 5.74) is 4.21. The molecule has 0 atom stereocenters. The largest absolute Gasteiger partial charge is 0.360 e. The smallest absolute Gasteiger partial charge is 0.261 e. The molecule has 4 heteroatoms. The number of anilines is 1. The van der Waals surface area contributed by atoms with Crippen LogP contribution >= 0.6 is 0 Å². The van der Waals surface area contributed by atoms with Gasteiger partial charge in [0.05, 0.1) is 5.69 Å². The first kappa shape index (κ1) is 14.3. The summed E-state index contributed by atoms with van der Waals surface area (Å²) in [4.78, 5) is 12.5. The van der Waals surface area contributed by atoms with Crippen molar-refractivity contribution in [2.45, 2.75) is 40.5 Å². The second-order valence-electron chi connectivity index (χ2n) is 5.36. The monoisotopic (exact) mass is 272 g/mol. The molecular weight excluding hydrogens is 252 g/mol. The number of rotatable bonds is 3. The minimum atomic E-state index is -0.166. The van der Waals surface area contributed by atoms with Crippen LogP contribution in [0.5, 0.6) is 0 Å². The van der Waals surface area contributed by atoms with Gasteiger partial charge in [0.1, 0.15) is 5.56 Å². The molecule has 1 N–H and O–H groups in total. The molecule has 0 fully saturated rings. The lowest BCUT2D eigenvalue weighted by atomic mass is 10.0. The number of aromatic nitrogens is 1.